The lowest BCUT2D eigenvalue weighted by Gasteiger charge is -2.33. The van der Waals surface area contributed by atoms with Crippen LogP contribution in [0, 0.1) is 0 Å². The van der Waals surface area contributed by atoms with Crippen LogP contribution >= 0.6 is 0 Å². The number of rotatable bonds is 5. The highest BCUT2D eigenvalue weighted by molar-refractivity contribution is 5.94. The predicted molar refractivity (Wildman–Crippen MR) is 104 cm³/mol. The highest BCUT2D eigenvalue weighted by Crippen LogP contribution is 2.23. The molecule has 2 aliphatic heterocycles. The third kappa shape index (κ3) is 4.49. The summed E-state index contributed by atoms with van der Waals surface area (Å²) in [5.41, 5.74) is 1.73. The van der Waals surface area contributed by atoms with Crippen LogP contribution in [0.1, 0.15) is 29.3 Å². The monoisotopic (exact) mass is 366 g/mol. The van der Waals surface area contributed by atoms with Crippen LogP contribution in [0.3, 0.4) is 0 Å². The van der Waals surface area contributed by atoms with Crippen molar-refractivity contribution in [3.05, 3.63) is 65.7 Å². The third-order valence-electron chi connectivity index (χ3n) is 5.29. The lowest BCUT2D eigenvalue weighted by atomic mass is 10.1. The number of benzene rings is 2. The van der Waals surface area contributed by atoms with Gasteiger partial charge in [0.25, 0.3) is 5.91 Å². The number of nitrogens with zero attached hydrogens (tertiary/aromatic N) is 1. The molecule has 1 N–H and O–H groups in total. The maximum absolute atomic E-state index is 12.6. The molecule has 27 heavy (non-hydrogen) atoms. The molecule has 2 aromatic carbocycles. The summed E-state index contributed by atoms with van der Waals surface area (Å²) < 4.78 is 11.5. The van der Waals surface area contributed by atoms with Crippen molar-refractivity contribution in [3.8, 4) is 5.75 Å². The first-order chi connectivity index (χ1) is 13.2. The maximum atomic E-state index is 12.6. The molecule has 0 aromatic heterocycles. The number of hydrogen-bond donors (Lipinski definition) is 1. The van der Waals surface area contributed by atoms with Crippen LogP contribution in [-0.4, -0.2) is 48.7 Å². The second kappa shape index (κ2) is 8.11. The average Bonchev–Trinajstić information content (AvgIpc) is 3.09. The molecule has 4 rings (SSSR count). The second-order valence-corrected chi connectivity index (χ2v) is 7.46. The van der Waals surface area contributed by atoms with Gasteiger partial charge in [-0.1, -0.05) is 30.3 Å². The van der Waals surface area contributed by atoms with Gasteiger partial charge < -0.3 is 14.8 Å². The van der Waals surface area contributed by atoms with E-state index in [9.17, 15) is 4.79 Å². The highest BCUT2D eigenvalue weighted by Gasteiger charge is 2.36. The normalized spacial score (nSPS) is 25.0. The summed E-state index contributed by atoms with van der Waals surface area (Å²) in [6, 6.07) is 18.0. The Labute approximate surface area is 160 Å². The van der Waals surface area contributed by atoms with E-state index in [4.69, 9.17) is 9.47 Å². The van der Waals surface area contributed by atoms with Gasteiger partial charge in [0, 0.05) is 30.7 Å². The molecule has 2 saturated heterocycles. The molecule has 0 unspecified atom stereocenters. The zero-order chi connectivity index (χ0) is 18.6. The Morgan fingerprint density at radius 2 is 1.93 bits per heavy atom. The van der Waals surface area contributed by atoms with Crippen LogP contribution in [-0.2, 0) is 11.3 Å². The molecule has 1 amide bonds. The molecule has 0 radical (unpaired) electrons. The maximum Gasteiger partial charge on any atom is 0.251 e. The summed E-state index contributed by atoms with van der Waals surface area (Å²) in [6.45, 7) is 5.22. The van der Waals surface area contributed by atoms with Crippen LogP contribution in [0.15, 0.2) is 54.6 Å². The van der Waals surface area contributed by atoms with Crippen molar-refractivity contribution in [1.82, 2.24) is 10.2 Å². The quantitative estimate of drug-likeness (QED) is 0.884. The summed E-state index contributed by atoms with van der Waals surface area (Å²) in [7, 11) is 0. The Hall–Kier alpha value is -2.37. The van der Waals surface area contributed by atoms with Crippen molar-refractivity contribution >= 4 is 5.91 Å². The van der Waals surface area contributed by atoms with E-state index in [1.54, 1.807) is 0 Å². The largest absolute Gasteiger partial charge is 0.489 e. The van der Waals surface area contributed by atoms with Crippen LogP contribution in [0.2, 0.25) is 0 Å². The number of amides is 1. The number of para-hydroxylation sites is 1. The second-order valence-electron chi connectivity index (χ2n) is 7.46. The number of ether oxygens (including phenoxy) is 2. The van der Waals surface area contributed by atoms with E-state index in [0.717, 1.165) is 37.4 Å². The van der Waals surface area contributed by atoms with E-state index < -0.39 is 0 Å². The van der Waals surface area contributed by atoms with E-state index >= 15 is 0 Å². The molecule has 2 aliphatic rings. The Bertz CT molecular complexity index is 763. The fourth-order valence-electron chi connectivity index (χ4n) is 3.85. The van der Waals surface area contributed by atoms with Gasteiger partial charge in [-0.2, -0.15) is 0 Å². The molecule has 2 heterocycles. The molecule has 0 aliphatic carbocycles. The van der Waals surface area contributed by atoms with E-state index in [-0.39, 0.29) is 18.1 Å². The molecule has 5 heteroatoms. The molecule has 142 valence electrons. The van der Waals surface area contributed by atoms with Gasteiger partial charge in [-0.15, -0.1) is 0 Å². The lowest BCUT2D eigenvalue weighted by molar-refractivity contribution is -0.0390. The molecular weight excluding hydrogens is 340 g/mol. The van der Waals surface area contributed by atoms with Gasteiger partial charge in [-0.3, -0.25) is 9.69 Å². The van der Waals surface area contributed by atoms with Crippen LogP contribution < -0.4 is 10.1 Å². The zero-order valence-electron chi connectivity index (χ0n) is 15.6. The Morgan fingerprint density at radius 3 is 2.70 bits per heavy atom. The molecule has 2 fully saturated rings. The van der Waals surface area contributed by atoms with Crippen molar-refractivity contribution < 1.29 is 14.3 Å². The number of fused-ring (bicyclic) bond motifs is 1. The van der Waals surface area contributed by atoms with Crippen LogP contribution in [0.4, 0.5) is 0 Å². The van der Waals surface area contributed by atoms with Crippen LogP contribution in [0.5, 0.6) is 5.75 Å². The molecule has 0 spiro atoms. The zero-order valence-corrected chi connectivity index (χ0v) is 15.6. The Kier molecular flexibility index (Phi) is 5.41. The van der Waals surface area contributed by atoms with Crippen molar-refractivity contribution in [2.45, 2.75) is 38.1 Å². The average molecular weight is 366 g/mol. The van der Waals surface area contributed by atoms with Gasteiger partial charge in [-0.25, -0.2) is 0 Å². The number of carbonyl (C=O) groups excluding carboxylic acids is 1. The van der Waals surface area contributed by atoms with Crippen molar-refractivity contribution in [2.24, 2.45) is 0 Å². The summed E-state index contributed by atoms with van der Waals surface area (Å²) in [4.78, 5) is 15.0. The Morgan fingerprint density at radius 1 is 1.15 bits per heavy atom. The summed E-state index contributed by atoms with van der Waals surface area (Å²) >= 11 is 0. The molecule has 5 nitrogen and oxygen atoms in total. The summed E-state index contributed by atoms with van der Waals surface area (Å²) in [6.07, 6.45) is 1.24. The van der Waals surface area contributed by atoms with Gasteiger partial charge in [-0.05, 0) is 43.2 Å². The lowest BCUT2D eigenvalue weighted by Crippen LogP contribution is -2.45. The Balaban J connectivity index is 1.29. The van der Waals surface area contributed by atoms with Gasteiger partial charge in [0.15, 0.2) is 0 Å². The number of morpholine rings is 1. The minimum atomic E-state index is -0.00987. The van der Waals surface area contributed by atoms with E-state index in [1.165, 1.54) is 0 Å². The SMILES string of the molecule is C[C@@H]1CN2C[C@@H](NC(=O)c3ccc(COc4ccccc4)cc3)C[C@H]2CO1. The third-order valence-corrected chi connectivity index (χ3v) is 5.29. The number of nitrogens with one attached hydrogen (secondary N) is 1. The van der Waals surface area contributed by atoms with E-state index in [1.807, 2.05) is 54.6 Å². The van der Waals surface area contributed by atoms with Gasteiger partial charge in [0.2, 0.25) is 0 Å². The van der Waals surface area contributed by atoms with Crippen molar-refractivity contribution in [3.63, 3.8) is 0 Å². The van der Waals surface area contributed by atoms with Gasteiger partial charge >= 0.3 is 0 Å². The minimum Gasteiger partial charge on any atom is -0.489 e. The number of carbonyl (C=O) groups is 1. The van der Waals surface area contributed by atoms with Gasteiger partial charge in [0.1, 0.15) is 12.4 Å². The van der Waals surface area contributed by atoms with E-state index in [2.05, 4.69) is 17.1 Å². The smallest absolute Gasteiger partial charge is 0.251 e. The first-order valence-corrected chi connectivity index (χ1v) is 9.60. The topological polar surface area (TPSA) is 50.8 Å². The molecular formula is C22H26N2O3. The summed E-state index contributed by atoms with van der Waals surface area (Å²) in [5, 5.41) is 3.18. The van der Waals surface area contributed by atoms with Crippen molar-refractivity contribution in [2.75, 3.05) is 19.7 Å². The van der Waals surface area contributed by atoms with Gasteiger partial charge in [0.05, 0.1) is 12.7 Å². The first-order valence-electron chi connectivity index (χ1n) is 9.60. The fourth-order valence-corrected chi connectivity index (χ4v) is 3.85. The van der Waals surface area contributed by atoms with Crippen molar-refractivity contribution in [1.29, 1.82) is 0 Å². The molecule has 0 bridgehead atoms. The highest BCUT2D eigenvalue weighted by atomic mass is 16.5. The summed E-state index contributed by atoms with van der Waals surface area (Å²) in [5.74, 6) is 0.833. The molecule has 0 saturated carbocycles. The van der Waals surface area contributed by atoms with E-state index in [0.29, 0.717) is 18.2 Å². The first kappa shape index (κ1) is 18.0. The molecule has 2 aromatic rings. The van der Waals surface area contributed by atoms with Crippen LogP contribution in [0.25, 0.3) is 0 Å². The fraction of sp³-hybridized carbons (Fsp3) is 0.409. The standard InChI is InChI=1S/C22H26N2O3/c1-16-12-24-13-19(11-20(24)15-26-16)23-22(25)18-9-7-17(8-10-18)14-27-21-5-3-2-4-6-21/h2-10,16,19-20H,11-15H2,1H3,(H,23,25)/t16-,19+,20+/m1/s1. The molecule has 3 atom stereocenters. The number of hydrogen-bond acceptors (Lipinski definition) is 4. The minimum absolute atomic E-state index is 0.00987. The predicted octanol–water partition coefficient (Wildman–Crippen LogP) is 2.86.